The number of hydrogen-bond acceptors (Lipinski definition) is 9. The molecule has 2 aliphatic rings. The second-order valence-corrected chi connectivity index (χ2v) is 11.8. The Balaban J connectivity index is 1.58. The highest BCUT2D eigenvalue weighted by atomic mass is 32.2. The molecule has 3 aromatic heterocycles. The third-order valence-electron chi connectivity index (χ3n) is 7.23. The van der Waals surface area contributed by atoms with E-state index in [2.05, 4.69) is 4.98 Å². The number of nitrogens with zero attached hydrogens (tertiary/aromatic N) is 4. The number of aliphatic hydroxyl groups is 1. The molecule has 14 heteroatoms. The lowest BCUT2D eigenvalue weighted by molar-refractivity contribution is -0.579. The number of rotatable bonds is 8. The standard InChI is InChI=1S/C25H26N6O6S2/c1-10-16(20(24(35)36)31-19(10)17(12(3)32)22(31)34)15-8-29-9-28-18(23(29)39-15)21(33)14-6-13(38-5-4-26)7-30(11(14)2)25(27)37/h6-10,12,17,19,32H,4-5,26H2,1-3H3,(H2-,27,35,36,37)/p+1/t10-,12+,17+,19+/m0/s1. The van der Waals surface area contributed by atoms with E-state index < -0.39 is 41.8 Å². The number of carboxylic acids is 1. The lowest BCUT2D eigenvalue weighted by atomic mass is 9.77. The molecule has 0 radical (unpaired) electrons. The number of nitrogens with two attached hydrogens (primary N) is 2. The van der Waals surface area contributed by atoms with Crippen LogP contribution in [0.15, 0.2) is 35.4 Å². The predicted octanol–water partition coefficient (Wildman–Crippen LogP) is 0.854. The molecule has 2 amide bonds. The molecule has 5 rings (SSSR count). The van der Waals surface area contributed by atoms with Crippen molar-refractivity contribution in [1.29, 1.82) is 0 Å². The smallest absolute Gasteiger partial charge is 0.477 e. The molecule has 0 spiro atoms. The maximum absolute atomic E-state index is 13.7. The number of aromatic nitrogens is 3. The molecule has 0 unspecified atom stereocenters. The van der Waals surface area contributed by atoms with E-state index in [9.17, 15) is 29.4 Å². The molecule has 1 saturated heterocycles. The molecule has 204 valence electrons. The van der Waals surface area contributed by atoms with Crippen LogP contribution < -0.4 is 16.0 Å². The maximum Gasteiger partial charge on any atom is 0.493 e. The summed E-state index contributed by atoms with van der Waals surface area (Å²) >= 11 is 2.58. The van der Waals surface area contributed by atoms with Gasteiger partial charge in [0.05, 0.1) is 28.5 Å². The number of ketones is 1. The molecule has 1 fully saturated rings. The average molecular weight is 572 g/mol. The van der Waals surface area contributed by atoms with Crippen LogP contribution in [0.1, 0.15) is 40.5 Å². The van der Waals surface area contributed by atoms with Crippen molar-refractivity contribution in [3.8, 4) is 0 Å². The van der Waals surface area contributed by atoms with Gasteiger partial charge in [-0.2, -0.15) is 9.36 Å². The number of aliphatic carboxylic acids is 1. The number of carbonyl (C=O) groups is 4. The van der Waals surface area contributed by atoms with Crippen LogP contribution >= 0.6 is 23.1 Å². The Morgan fingerprint density at radius 3 is 2.67 bits per heavy atom. The summed E-state index contributed by atoms with van der Waals surface area (Å²) in [6.45, 7) is 5.39. The number of hydrogen-bond donors (Lipinski definition) is 4. The van der Waals surface area contributed by atoms with E-state index in [1.807, 2.05) is 6.92 Å². The fraction of sp³-hybridized carbons (Fsp3) is 0.360. The maximum atomic E-state index is 13.7. The van der Waals surface area contributed by atoms with Gasteiger partial charge in [-0.25, -0.2) is 9.78 Å². The molecule has 5 heterocycles. The minimum Gasteiger partial charge on any atom is -0.477 e. The summed E-state index contributed by atoms with van der Waals surface area (Å²) in [4.78, 5) is 58.0. The molecule has 0 aliphatic carbocycles. The number of aliphatic hydroxyl groups excluding tert-OH is 1. The van der Waals surface area contributed by atoms with Gasteiger partial charge >= 0.3 is 12.0 Å². The largest absolute Gasteiger partial charge is 0.493 e. The molecule has 4 atom stereocenters. The van der Waals surface area contributed by atoms with E-state index in [0.717, 1.165) is 0 Å². The number of pyridine rings is 1. The summed E-state index contributed by atoms with van der Waals surface area (Å²) in [5.41, 5.74) is 12.3. The fourth-order valence-electron chi connectivity index (χ4n) is 5.45. The molecule has 3 aromatic rings. The summed E-state index contributed by atoms with van der Waals surface area (Å²) in [6.07, 6.45) is 3.81. The van der Waals surface area contributed by atoms with Crippen LogP contribution in [-0.2, 0) is 9.59 Å². The van der Waals surface area contributed by atoms with Crippen molar-refractivity contribution in [2.45, 2.75) is 37.8 Å². The number of fused-ring (bicyclic) bond motifs is 2. The first kappa shape index (κ1) is 27.0. The fourth-order valence-corrected chi connectivity index (χ4v) is 7.40. The Bertz CT molecular complexity index is 1590. The van der Waals surface area contributed by atoms with E-state index in [4.69, 9.17) is 11.5 Å². The van der Waals surface area contributed by atoms with Crippen LogP contribution in [0, 0.1) is 18.8 Å². The van der Waals surface area contributed by atoms with Crippen molar-refractivity contribution in [3.05, 3.63) is 52.3 Å². The van der Waals surface area contributed by atoms with Gasteiger partial charge in [0.25, 0.3) is 0 Å². The number of primary amides is 1. The van der Waals surface area contributed by atoms with Crippen LogP contribution in [0.25, 0.3) is 10.4 Å². The van der Waals surface area contributed by atoms with Gasteiger partial charge in [0.2, 0.25) is 11.7 Å². The van der Waals surface area contributed by atoms with Crippen LogP contribution in [0.4, 0.5) is 4.79 Å². The zero-order valence-electron chi connectivity index (χ0n) is 21.3. The highest BCUT2D eigenvalue weighted by Gasteiger charge is 2.60. The van der Waals surface area contributed by atoms with Crippen molar-refractivity contribution < 1.29 is 34.0 Å². The first-order valence-electron chi connectivity index (χ1n) is 12.2. The normalized spacial score (nSPS) is 21.3. The molecule has 0 aromatic carbocycles. The SMILES string of the molecule is Cc1c(C(=O)c2ncn3cc(C4=C(C(=O)O)N5C(=O)[C@H]([C@@H](C)O)[C@H]5[C@H]4C)sc23)cc(SCCN)c[n+]1C(N)=O. The zero-order chi connectivity index (χ0) is 28.3. The third kappa shape index (κ3) is 4.14. The number of amides is 2. The van der Waals surface area contributed by atoms with Crippen LogP contribution in [-0.4, -0.2) is 72.6 Å². The van der Waals surface area contributed by atoms with Gasteiger partial charge in [-0.15, -0.1) is 23.1 Å². The van der Waals surface area contributed by atoms with Gasteiger partial charge < -0.3 is 20.8 Å². The topological polar surface area (TPSA) is 185 Å². The Morgan fingerprint density at radius 2 is 2.05 bits per heavy atom. The predicted molar refractivity (Wildman–Crippen MR) is 142 cm³/mol. The molecule has 0 bridgehead atoms. The summed E-state index contributed by atoms with van der Waals surface area (Å²) in [7, 11) is 0. The summed E-state index contributed by atoms with van der Waals surface area (Å²) in [5, 5.41) is 20.1. The molecule has 6 N–H and O–H groups in total. The highest BCUT2D eigenvalue weighted by molar-refractivity contribution is 7.99. The van der Waals surface area contributed by atoms with Crippen molar-refractivity contribution in [3.63, 3.8) is 0 Å². The Morgan fingerprint density at radius 1 is 1.33 bits per heavy atom. The van der Waals surface area contributed by atoms with Crippen molar-refractivity contribution in [1.82, 2.24) is 14.3 Å². The van der Waals surface area contributed by atoms with Gasteiger partial charge in [-0.3, -0.25) is 19.7 Å². The van der Waals surface area contributed by atoms with Gasteiger partial charge in [0.15, 0.2) is 0 Å². The van der Waals surface area contributed by atoms with E-state index in [0.29, 0.717) is 38.2 Å². The Kier molecular flexibility index (Phi) is 6.83. The second kappa shape index (κ2) is 9.86. The lowest BCUT2D eigenvalue weighted by Crippen LogP contribution is -2.63. The minimum atomic E-state index is -1.23. The Hall–Kier alpha value is -3.59. The first-order chi connectivity index (χ1) is 18.5. The molecule has 0 saturated carbocycles. The highest BCUT2D eigenvalue weighted by Crippen LogP contribution is 2.51. The second-order valence-electron chi connectivity index (χ2n) is 9.57. The number of carbonyl (C=O) groups excluding carboxylic acids is 3. The summed E-state index contributed by atoms with van der Waals surface area (Å²) in [6, 6.07) is 0.483. The van der Waals surface area contributed by atoms with E-state index in [-0.39, 0.29) is 22.9 Å². The van der Waals surface area contributed by atoms with Gasteiger partial charge in [-0.05, 0) is 19.9 Å². The quantitative estimate of drug-likeness (QED) is 0.132. The Labute approximate surface area is 230 Å². The molecule has 39 heavy (non-hydrogen) atoms. The molecular weight excluding hydrogens is 544 g/mol. The average Bonchev–Trinajstić information content (AvgIpc) is 3.52. The molecule has 12 nitrogen and oxygen atoms in total. The number of β-lactam (4-membered cyclic amide) rings is 1. The van der Waals surface area contributed by atoms with Gasteiger partial charge in [0.1, 0.15) is 34.4 Å². The number of imidazole rings is 1. The monoisotopic (exact) mass is 571 g/mol. The van der Waals surface area contributed by atoms with E-state index in [1.54, 1.807) is 29.8 Å². The van der Waals surface area contributed by atoms with Gasteiger partial charge in [0, 0.05) is 34.9 Å². The van der Waals surface area contributed by atoms with E-state index in [1.165, 1.54) is 45.8 Å². The summed E-state index contributed by atoms with van der Waals surface area (Å²) < 4.78 is 2.85. The van der Waals surface area contributed by atoms with Crippen molar-refractivity contribution in [2.75, 3.05) is 12.3 Å². The van der Waals surface area contributed by atoms with Crippen LogP contribution in [0.5, 0.6) is 0 Å². The van der Waals surface area contributed by atoms with Crippen LogP contribution in [0.3, 0.4) is 0 Å². The van der Waals surface area contributed by atoms with E-state index >= 15 is 0 Å². The lowest BCUT2D eigenvalue weighted by Gasteiger charge is -2.46. The molecule has 2 aliphatic heterocycles. The first-order valence-corrected chi connectivity index (χ1v) is 14.0. The number of carboxylic acid groups (broad SMARTS) is 1. The van der Waals surface area contributed by atoms with Crippen molar-refractivity contribution in [2.24, 2.45) is 23.3 Å². The zero-order valence-corrected chi connectivity index (χ0v) is 23.0. The van der Waals surface area contributed by atoms with Crippen LogP contribution in [0.2, 0.25) is 0 Å². The molecular formula is C25H27N6O6S2+. The summed E-state index contributed by atoms with van der Waals surface area (Å²) in [5.74, 6) is -2.52. The number of thiazole rings is 1. The van der Waals surface area contributed by atoms with Crippen molar-refractivity contribution >= 4 is 57.2 Å². The van der Waals surface area contributed by atoms with Gasteiger partial charge in [-0.1, -0.05) is 6.92 Å². The minimum absolute atomic E-state index is 0.109. The third-order valence-corrected chi connectivity index (χ3v) is 9.37. The number of thioether (sulfide) groups is 1.